The molecule has 5 nitrogen and oxygen atoms in total. The average molecular weight is 305 g/mol. The van der Waals surface area contributed by atoms with Crippen molar-refractivity contribution < 1.29 is 0 Å². The third-order valence-corrected chi connectivity index (χ3v) is 5.37. The molecule has 2 aliphatic rings. The summed E-state index contributed by atoms with van der Waals surface area (Å²) in [7, 11) is 0. The molecule has 0 bridgehead atoms. The van der Waals surface area contributed by atoms with Gasteiger partial charge in [0.05, 0.1) is 12.1 Å². The van der Waals surface area contributed by atoms with Gasteiger partial charge in [0, 0.05) is 0 Å². The molecule has 1 aliphatic carbocycles. The van der Waals surface area contributed by atoms with Crippen LogP contribution in [0.5, 0.6) is 0 Å². The molecule has 1 aliphatic heterocycles. The number of rotatable bonds is 4. The van der Waals surface area contributed by atoms with Gasteiger partial charge in [0.15, 0.2) is 5.82 Å². The highest BCUT2D eigenvalue weighted by molar-refractivity contribution is 4.98. The van der Waals surface area contributed by atoms with Crippen LogP contribution in [0.4, 0.5) is 0 Å². The molecule has 22 heavy (non-hydrogen) atoms. The van der Waals surface area contributed by atoms with E-state index in [9.17, 15) is 0 Å². The van der Waals surface area contributed by atoms with Gasteiger partial charge < -0.3 is 0 Å². The Labute approximate surface area is 134 Å². The van der Waals surface area contributed by atoms with E-state index in [1.807, 2.05) is 0 Å². The second-order valence-corrected chi connectivity index (χ2v) is 7.41. The quantitative estimate of drug-likeness (QED) is 0.850. The van der Waals surface area contributed by atoms with Crippen molar-refractivity contribution in [2.75, 3.05) is 13.1 Å². The van der Waals surface area contributed by atoms with E-state index in [2.05, 4.69) is 39.0 Å². The van der Waals surface area contributed by atoms with Gasteiger partial charge >= 0.3 is 0 Å². The SMILES string of the molecule is CC(C)C(c1nnnn1C1CCCCC1)N1CCCCCC1. The number of aromatic nitrogens is 4. The lowest BCUT2D eigenvalue weighted by Gasteiger charge is -2.34. The van der Waals surface area contributed by atoms with Gasteiger partial charge in [0.25, 0.3) is 0 Å². The lowest BCUT2D eigenvalue weighted by Crippen LogP contribution is -2.35. The van der Waals surface area contributed by atoms with Crippen LogP contribution in [0.25, 0.3) is 0 Å². The van der Waals surface area contributed by atoms with Gasteiger partial charge in [-0.05, 0) is 55.1 Å². The highest BCUT2D eigenvalue weighted by Gasteiger charge is 2.31. The molecule has 1 aromatic rings. The Bertz CT molecular complexity index is 442. The topological polar surface area (TPSA) is 46.8 Å². The zero-order chi connectivity index (χ0) is 15.4. The molecule has 1 saturated carbocycles. The first-order chi connectivity index (χ1) is 10.8. The summed E-state index contributed by atoms with van der Waals surface area (Å²) in [4.78, 5) is 2.64. The molecular formula is C17H31N5. The Balaban J connectivity index is 1.83. The van der Waals surface area contributed by atoms with Crippen LogP contribution in [0.3, 0.4) is 0 Å². The van der Waals surface area contributed by atoms with Gasteiger partial charge in [-0.25, -0.2) is 4.68 Å². The Morgan fingerprint density at radius 2 is 1.55 bits per heavy atom. The van der Waals surface area contributed by atoms with Gasteiger partial charge in [0.1, 0.15) is 0 Å². The first-order valence-corrected chi connectivity index (χ1v) is 9.29. The van der Waals surface area contributed by atoms with E-state index in [-0.39, 0.29) is 0 Å². The van der Waals surface area contributed by atoms with Crippen LogP contribution in [0, 0.1) is 5.92 Å². The fourth-order valence-corrected chi connectivity index (χ4v) is 4.24. The van der Waals surface area contributed by atoms with Gasteiger partial charge in [-0.2, -0.15) is 0 Å². The molecule has 2 fully saturated rings. The van der Waals surface area contributed by atoms with Crippen molar-refractivity contribution in [1.29, 1.82) is 0 Å². The van der Waals surface area contributed by atoms with Crippen LogP contribution in [-0.4, -0.2) is 38.2 Å². The normalized spacial score (nSPS) is 23.6. The summed E-state index contributed by atoms with van der Waals surface area (Å²) in [5, 5.41) is 12.9. The van der Waals surface area contributed by atoms with Crippen molar-refractivity contribution in [2.45, 2.75) is 83.7 Å². The molecular weight excluding hydrogens is 274 g/mol. The number of hydrogen-bond acceptors (Lipinski definition) is 4. The molecule has 2 heterocycles. The van der Waals surface area contributed by atoms with Crippen LogP contribution in [0.2, 0.25) is 0 Å². The highest BCUT2D eigenvalue weighted by atomic mass is 15.6. The second-order valence-electron chi connectivity index (χ2n) is 7.41. The zero-order valence-corrected chi connectivity index (χ0v) is 14.2. The molecule has 5 heteroatoms. The van der Waals surface area contributed by atoms with Crippen molar-refractivity contribution in [3.8, 4) is 0 Å². The van der Waals surface area contributed by atoms with Crippen LogP contribution >= 0.6 is 0 Å². The predicted molar refractivity (Wildman–Crippen MR) is 87.6 cm³/mol. The van der Waals surface area contributed by atoms with Crippen LogP contribution in [0.15, 0.2) is 0 Å². The molecule has 1 atom stereocenters. The zero-order valence-electron chi connectivity index (χ0n) is 14.2. The van der Waals surface area contributed by atoms with E-state index in [1.165, 1.54) is 70.9 Å². The smallest absolute Gasteiger partial charge is 0.168 e. The third-order valence-electron chi connectivity index (χ3n) is 5.37. The van der Waals surface area contributed by atoms with E-state index < -0.39 is 0 Å². The Morgan fingerprint density at radius 1 is 0.909 bits per heavy atom. The van der Waals surface area contributed by atoms with Crippen molar-refractivity contribution >= 4 is 0 Å². The third kappa shape index (κ3) is 3.50. The fourth-order valence-electron chi connectivity index (χ4n) is 4.24. The van der Waals surface area contributed by atoms with E-state index in [0.29, 0.717) is 18.0 Å². The number of hydrogen-bond donors (Lipinski definition) is 0. The fraction of sp³-hybridized carbons (Fsp3) is 0.941. The lowest BCUT2D eigenvalue weighted by atomic mass is 9.94. The largest absolute Gasteiger partial charge is 0.293 e. The maximum Gasteiger partial charge on any atom is 0.168 e. The first kappa shape index (κ1) is 15.9. The number of tetrazole rings is 1. The maximum absolute atomic E-state index is 4.48. The molecule has 1 saturated heterocycles. The monoisotopic (exact) mass is 305 g/mol. The van der Waals surface area contributed by atoms with Crippen molar-refractivity contribution in [3.63, 3.8) is 0 Å². The summed E-state index contributed by atoms with van der Waals surface area (Å²) < 4.78 is 2.18. The predicted octanol–water partition coefficient (Wildman–Crippen LogP) is 3.75. The van der Waals surface area contributed by atoms with Crippen molar-refractivity contribution in [2.24, 2.45) is 5.92 Å². The molecule has 1 aromatic heterocycles. The van der Waals surface area contributed by atoms with Gasteiger partial charge in [-0.1, -0.05) is 46.0 Å². The van der Waals surface area contributed by atoms with Crippen molar-refractivity contribution in [1.82, 2.24) is 25.1 Å². The van der Waals surface area contributed by atoms with Crippen LogP contribution < -0.4 is 0 Å². The van der Waals surface area contributed by atoms with Gasteiger partial charge in [-0.3, -0.25) is 4.90 Å². The minimum atomic E-state index is 0.370. The molecule has 0 amide bonds. The summed E-state index contributed by atoms with van der Waals surface area (Å²) in [5.74, 6) is 1.66. The maximum atomic E-state index is 4.48. The molecule has 0 aromatic carbocycles. The van der Waals surface area contributed by atoms with Crippen LogP contribution in [0.1, 0.15) is 89.5 Å². The molecule has 0 N–H and O–H groups in total. The van der Waals surface area contributed by atoms with Crippen LogP contribution in [-0.2, 0) is 0 Å². The summed E-state index contributed by atoms with van der Waals surface area (Å²) in [6, 6.07) is 0.891. The Hall–Kier alpha value is -0.970. The summed E-state index contributed by atoms with van der Waals surface area (Å²) in [6.07, 6.45) is 11.9. The molecule has 0 radical (unpaired) electrons. The number of likely N-dealkylation sites (tertiary alicyclic amines) is 1. The molecule has 3 rings (SSSR count). The molecule has 1 unspecified atom stereocenters. The highest BCUT2D eigenvalue weighted by Crippen LogP contribution is 2.34. The Morgan fingerprint density at radius 3 is 2.18 bits per heavy atom. The summed E-state index contributed by atoms with van der Waals surface area (Å²) >= 11 is 0. The second kappa shape index (κ2) is 7.53. The molecule has 0 spiro atoms. The van der Waals surface area contributed by atoms with Gasteiger partial charge in [-0.15, -0.1) is 5.10 Å². The average Bonchev–Trinajstić information content (AvgIpc) is 2.84. The van der Waals surface area contributed by atoms with E-state index in [0.717, 1.165) is 5.82 Å². The van der Waals surface area contributed by atoms with E-state index in [1.54, 1.807) is 0 Å². The number of nitrogens with zero attached hydrogens (tertiary/aromatic N) is 5. The lowest BCUT2D eigenvalue weighted by molar-refractivity contribution is 0.143. The van der Waals surface area contributed by atoms with Gasteiger partial charge in [0.2, 0.25) is 0 Å². The minimum Gasteiger partial charge on any atom is -0.293 e. The first-order valence-electron chi connectivity index (χ1n) is 9.29. The van der Waals surface area contributed by atoms with E-state index >= 15 is 0 Å². The summed E-state index contributed by atoms with van der Waals surface area (Å²) in [5.41, 5.74) is 0. The van der Waals surface area contributed by atoms with E-state index in [4.69, 9.17) is 0 Å². The standard InChI is InChI=1S/C17H31N5/c1-14(2)16(21-12-8-3-4-9-13-21)17-18-19-20-22(17)15-10-6-5-7-11-15/h14-16H,3-13H2,1-2H3. The minimum absolute atomic E-state index is 0.370. The van der Waals surface area contributed by atoms with Crippen molar-refractivity contribution in [3.05, 3.63) is 5.82 Å². The Kier molecular flexibility index (Phi) is 5.45. The summed E-state index contributed by atoms with van der Waals surface area (Å²) in [6.45, 7) is 7.02. The molecule has 124 valence electrons.